The van der Waals surface area contributed by atoms with E-state index in [9.17, 15) is 9.18 Å². The quantitative estimate of drug-likeness (QED) is 0.509. The fourth-order valence-electron chi connectivity index (χ4n) is 4.05. The largest absolute Gasteiger partial charge is 0.368 e. The van der Waals surface area contributed by atoms with E-state index in [4.69, 9.17) is 0 Å². The molecule has 0 radical (unpaired) electrons. The van der Waals surface area contributed by atoms with Crippen molar-refractivity contribution in [3.8, 4) is 0 Å². The molecule has 0 saturated carbocycles. The van der Waals surface area contributed by atoms with Crippen LogP contribution >= 0.6 is 12.4 Å². The van der Waals surface area contributed by atoms with E-state index in [1.54, 1.807) is 34.7 Å². The highest BCUT2D eigenvalue weighted by atomic mass is 35.5. The van der Waals surface area contributed by atoms with Gasteiger partial charge in [-0.3, -0.25) is 14.2 Å². The van der Waals surface area contributed by atoms with Crippen LogP contribution in [0.2, 0.25) is 0 Å². The number of nitrogens with zero attached hydrogens (tertiary/aromatic N) is 5. The number of halogens is 2. The first-order valence-corrected chi connectivity index (χ1v) is 9.86. The highest BCUT2D eigenvalue weighted by Crippen LogP contribution is 2.30. The molecule has 8 nitrogen and oxygen atoms in total. The topological polar surface area (TPSA) is 80.0 Å². The molecule has 10 heteroatoms. The number of aryl methyl sites for hydroxylation is 2. The summed E-state index contributed by atoms with van der Waals surface area (Å²) in [6.07, 6.45) is 3.65. The number of hydrogen-bond acceptors (Lipinski definition) is 5. The second kappa shape index (κ2) is 8.16. The lowest BCUT2D eigenvalue weighted by molar-refractivity contribution is 0.102. The minimum Gasteiger partial charge on any atom is -0.368 e. The second-order valence-corrected chi connectivity index (χ2v) is 7.59. The summed E-state index contributed by atoms with van der Waals surface area (Å²) in [5.41, 5.74) is 2.82. The van der Waals surface area contributed by atoms with Crippen LogP contribution in [0.15, 0.2) is 36.7 Å². The lowest BCUT2D eigenvalue weighted by atomic mass is 10.1. The van der Waals surface area contributed by atoms with Gasteiger partial charge in [-0.1, -0.05) is 0 Å². The molecule has 0 aliphatic carbocycles. The molecule has 1 aliphatic heterocycles. The van der Waals surface area contributed by atoms with E-state index in [0.717, 1.165) is 37.3 Å². The normalized spacial score (nSPS) is 14.1. The molecule has 5 rings (SSSR count). The smallest absolute Gasteiger partial charge is 0.257 e. The molecule has 1 aliphatic rings. The Morgan fingerprint density at radius 3 is 2.55 bits per heavy atom. The summed E-state index contributed by atoms with van der Waals surface area (Å²) in [5.74, 6) is -0.798. The van der Waals surface area contributed by atoms with Crippen molar-refractivity contribution in [2.75, 3.05) is 36.4 Å². The van der Waals surface area contributed by atoms with Gasteiger partial charge in [-0.25, -0.2) is 4.39 Å². The number of amides is 1. The molecule has 2 aromatic carbocycles. The van der Waals surface area contributed by atoms with Crippen molar-refractivity contribution in [1.82, 2.24) is 24.9 Å². The van der Waals surface area contributed by atoms with E-state index in [0.29, 0.717) is 22.2 Å². The molecule has 31 heavy (non-hydrogen) atoms. The molecule has 0 bridgehead atoms. The van der Waals surface area contributed by atoms with Crippen molar-refractivity contribution < 1.29 is 9.18 Å². The highest BCUT2D eigenvalue weighted by Gasteiger charge is 2.20. The Morgan fingerprint density at radius 1 is 1.06 bits per heavy atom. The minimum absolute atomic E-state index is 0. The summed E-state index contributed by atoms with van der Waals surface area (Å²) in [5, 5.41) is 16.3. The van der Waals surface area contributed by atoms with Gasteiger partial charge >= 0.3 is 0 Å². The summed E-state index contributed by atoms with van der Waals surface area (Å²) < 4.78 is 17.6. The lowest BCUT2D eigenvalue weighted by Gasteiger charge is -2.30. The monoisotopic (exact) mass is 443 g/mol. The summed E-state index contributed by atoms with van der Waals surface area (Å²) in [6, 6.07) is 6.77. The molecule has 4 aromatic rings. The van der Waals surface area contributed by atoms with Crippen LogP contribution in [-0.2, 0) is 14.1 Å². The maximum atomic E-state index is 14.4. The molecule has 162 valence electrons. The highest BCUT2D eigenvalue weighted by molar-refractivity contribution is 6.14. The van der Waals surface area contributed by atoms with Gasteiger partial charge in [0.1, 0.15) is 11.0 Å². The molecule has 2 N–H and O–H groups in total. The predicted octanol–water partition coefficient (Wildman–Crippen LogP) is 2.68. The van der Waals surface area contributed by atoms with Gasteiger partial charge in [-0.15, -0.1) is 12.4 Å². The van der Waals surface area contributed by atoms with Crippen LogP contribution in [0.1, 0.15) is 10.4 Å². The van der Waals surface area contributed by atoms with Crippen LogP contribution in [-0.4, -0.2) is 51.6 Å². The molecule has 0 spiro atoms. The van der Waals surface area contributed by atoms with Gasteiger partial charge in [-0.05, 0) is 24.3 Å². The van der Waals surface area contributed by atoms with E-state index in [-0.39, 0.29) is 23.8 Å². The average Bonchev–Trinajstić information content (AvgIpc) is 3.29. The van der Waals surface area contributed by atoms with Gasteiger partial charge in [0.15, 0.2) is 5.82 Å². The van der Waals surface area contributed by atoms with Gasteiger partial charge < -0.3 is 15.5 Å². The Balaban J connectivity index is 0.00000231. The van der Waals surface area contributed by atoms with Crippen LogP contribution in [0.5, 0.6) is 0 Å². The molecular formula is C21H23ClFN7O. The number of hydrogen-bond donors (Lipinski definition) is 2. The third kappa shape index (κ3) is 3.82. The first-order valence-electron chi connectivity index (χ1n) is 9.86. The average molecular weight is 444 g/mol. The zero-order valence-corrected chi connectivity index (χ0v) is 18.0. The number of nitrogens with one attached hydrogen (secondary N) is 2. The summed E-state index contributed by atoms with van der Waals surface area (Å²) in [7, 11) is 3.57. The number of benzene rings is 2. The standard InChI is InChI=1S/C21H22FN7O.ClH/c1-27-11-13-9-14(10-17(22)19(13)25-27)24-21(30)15-3-4-18(29-7-5-23-6-8-29)16-12-28(2)26-20(15)16;/h3-4,9-12,23H,5-8H2,1-2H3,(H,24,30);1H. The van der Waals surface area contributed by atoms with Crippen LogP contribution in [0.3, 0.4) is 0 Å². The van der Waals surface area contributed by atoms with Crippen molar-refractivity contribution in [2.45, 2.75) is 0 Å². The Labute approximate surface area is 184 Å². The minimum atomic E-state index is -0.472. The van der Waals surface area contributed by atoms with Crippen molar-refractivity contribution in [3.63, 3.8) is 0 Å². The van der Waals surface area contributed by atoms with Crippen LogP contribution < -0.4 is 15.5 Å². The van der Waals surface area contributed by atoms with Crippen molar-refractivity contribution in [1.29, 1.82) is 0 Å². The van der Waals surface area contributed by atoms with Gasteiger partial charge in [0.25, 0.3) is 5.91 Å². The van der Waals surface area contributed by atoms with E-state index < -0.39 is 5.82 Å². The van der Waals surface area contributed by atoms with Gasteiger partial charge in [-0.2, -0.15) is 10.2 Å². The third-order valence-corrected chi connectivity index (χ3v) is 5.40. The second-order valence-electron chi connectivity index (χ2n) is 7.59. The summed E-state index contributed by atoms with van der Waals surface area (Å²) >= 11 is 0. The number of carbonyl (C=O) groups excluding carboxylic acids is 1. The SMILES string of the molecule is Cl.Cn1cc2cc(NC(=O)c3ccc(N4CCNCC4)c4cn(C)nc34)cc(F)c2n1. The summed E-state index contributed by atoms with van der Waals surface area (Å²) in [4.78, 5) is 15.3. The maximum absolute atomic E-state index is 14.4. The number of fused-ring (bicyclic) bond motifs is 2. The van der Waals surface area contributed by atoms with Gasteiger partial charge in [0, 0.05) is 74.8 Å². The number of anilines is 2. The van der Waals surface area contributed by atoms with Crippen molar-refractivity contribution in [3.05, 3.63) is 48.0 Å². The van der Waals surface area contributed by atoms with E-state index in [2.05, 4.69) is 25.7 Å². The fourth-order valence-corrected chi connectivity index (χ4v) is 4.05. The maximum Gasteiger partial charge on any atom is 0.257 e. The van der Waals surface area contributed by atoms with E-state index >= 15 is 0 Å². The van der Waals surface area contributed by atoms with Crippen molar-refractivity contribution >= 4 is 51.5 Å². The predicted molar refractivity (Wildman–Crippen MR) is 122 cm³/mol. The van der Waals surface area contributed by atoms with Crippen LogP contribution in [0.4, 0.5) is 15.8 Å². The fraction of sp³-hybridized carbons (Fsp3) is 0.286. The molecule has 1 fully saturated rings. The Hall–Kier alpha value is -3.17. The zero-order chi connectivity index (χ0) is 20.8. The lowest BCUT2D eigenvalue weighted by Crippen LogP contribution is -2.43. The Kier molecular flexibility index (Phi) is 5.55. The summed E-state index contributed by atoms with van der Waals surface area (Å²) in [6.45, 7) is 3.65. The first-order chi connectivity index (χ1) is 14.5. The molecule has 2 aromatic heterocycles. The van der Waals surface area contributed by atoms with Crippen molar-refractivity contribution in [2.24, 2.45) is 14.1 Å². The molecule has 0 atom stereocenters. The van der Waals surface area contributed by atoms with Gasteiger partial charge in [0.05, 0.1) is 5.56 Å². The first kappa shape index (κ1) is 21.1. The number of aromatic nitrogens is 4. The van der Waals surface area contributed by atoms with Gasteiger partial charge in [0.2, 0.25) is 0 Å². The number of piperazine rings is 1. The molecular weight excluding hydrogens is 421 g/mol. The van der Waals surface area contributed by atoms with Crippen LogP contribution in [0.25, 0.3) is 21.8 Å². The Morgan fingerprint density at radius 2 is 1.77 bits per heavy atom. The van der Waals surface area contributed by atoms with E-state index in [1.165, 1.54) is 6.07 Å². The zero-order valence-electron chi connectivity index (χ0n) is 17.2. The number of rotatable bonds is 3. The molecule has 1 saturated heterocycles. The molecule has 1 amide bonds. The number of carbonyl (C=O) groups is 1. The Bertz CT molecular complexity index is 1280. The molecule has 0 unspecified atom stereocenters. The third-order valence-electron chi connectivity index (χ3n) is 5.40. The van der Waals surface area contributed by atoms with E-state index in [1.807, 2.05) is 19.3 Å². The van der Waals surface area contributed by atoms with Crippen LogP contribution in [0, 0.1) is 5.82 Å². The molecule has 3 heterocycles.